The standard InChI is InChI=1S/C15H23NO3/c1-11(17)16-10-13-5-6-14(18)9-12(13)7-8-19-15(2,3)4/h5-6,9,18H,7-8,10H2,1-4H3,(H,16,17). The summed E-state index contributed by atoms with van der Waals surface area (Å²) in [4.78, 5) is 11.0. The molecule has 0 bridgehead atoms. The van der Waals surface area contributed by atoms with Gasteiger partial charge in [0, 0.05) is 13.5 Å². The van der Waals surface area contributed by atoms with Gasteiger partial charge in [-0.15, -0.1) is 0 Å². The van der Waals surface area contributed by atoms with Crippen molar-refractivity contribution in [3.8, 4) is 5.75 Å². The van der Waals surface area contributed by atoms with Gasteiger partial charge in [-0.25, -0.2) is 0 Å². The lowest BCUT2D eigenvalue weighted by atomic mass is 10.0. The van der Waals surface area contributed by atoms with Gasteiger partial charge in [-0.05, 0) is 50.5 Å². The summed E-state index contributed by atoms with van der Waals surface area (Å²) in [5.41, 5.74) is 1.83. The SMILES string of the molecule is CC(=O)NCc1ccc(O)cc1CCOC(C)(C)C. The molecule has 0 spiro atoms. The highest BCUT2D eigenvalue weighted by atomic mass is 16.5. The molecule has 1 aromatic rings. The summed E-state index contributed by atoms with van der Waals surface area (Å²) in [6.07, 6.45) is 0.709. The highest BCUT2D eigenvalue weighted by molar-refractivity contribution is 5.72. The molecule has 0 aliphatic rings. The highest BCUT2D eigenvalue weighted by Crippen LogP contribution is 2.18. The van der Waals surface area contributed by atoms with E-state index in [0.717, 1.165) is 11.1 Å². The van der Waals surface area contributed by atoms with Gasteiger partial charge in [-0.1, -0.05) is 6.07 Å². The molecule has 4 nitrogen and oxygen atoms in total. The topological polar surface area (TPSA) is 58.6 Å². The van der Waals surface area contributed by atoms with Gasteiger partial charge in [0.05, 0.1) is 12.2 Å². The van der Waals surface area contributed by atoms with Crippen LogP contribution >= 0.6 is 0 Å². The van der Waals surface area contributed by atoms with Crippen LogP contribution in [-0.2, 0) is 22.5 Å². The minimum atomic E-state index is -0.172. The van der Waals surface area contributed by atoms with Crippen LogP contribution in [-0.4, -0.2) is 23.2 Å². The summed E-state index contributed by atoms with van der Waals surface area (Å²) in [5, 5.41) is 12.3. The van der Waals surface area contributed by atoms with Crippen molar-refractivity contribution in [3.05, 3.63) is 29.3 Å². The lowest BCUT2D eigenvalue weighted by Gasteiger charge is -2.20. The average molecular weight is 265 g/mol. The summed E-state index contributed by atoms with van der Waals surface area (Å²) in [5.74, 6) is 0.169. The largest absolute Gasteiger partial charge is 0.508 e. The van der Waals surface area contributed by atoms with Gasteiger partial charge in [-0.2, -0.15) is 0 Å². The van der Waals surface area contributed by atoms with Gasteiger partial charge in [-0.3, -0.25) is 4.79 Å². The van der Waals surface area contributed by atoms with E-state index in [1.54, 1.807) is 12.1 Å². The van der Waals surface area contributed by atoms with E-state index in [-0.39, 0.29) is 17.3 Å². The minimum Gasteiger partial charge on any atom is -0.508 e. The van der Waals surface area contributed by atoms with Crippen molar-refractivity contribution < 1.29 is 14.6 Å². The predicted molar refractivity (Wildman–Crippen MR) is 75.0 cm³/mol. The van der Waals surface area contributed by atoms with Crippen LogP contribution in [0, 0.1) is 0 Å². The van der Waals surface area contributed by atoms with Crippen molar-refractivity contribution >= 4 is 5.91 Å². The molecule has 0 saturated heterocycles. The zero-order valence-corrected chi connectivity index (χ0v) is 12.1. The molecule has 0 aliphatic carbocycles. The van der Waals surface area contributed by atoms with E-state index in [1.807, 2.05) is 26.8 Å². The van der Waals surface area contributed by atoms with E-state index >= 15 is 0 Å². The summed E-state index contributed by atoms with van der Waals surface area (Å²) < 4.78 is 5.68. The van der Waals surface area contributed by atoms with Crippen LogP contribution in [0.2, 0.25) is 0 Å². The number of carbonyl (C=O) groups is 1. The van der Waals surface area contributed by atoms with Crippen molar-refractivity contribution in [1.82, 2.24) is 5.32 Å². The maximum atomic E-state index is 11.0. The Balaban J connectivity index is 2.68. The molecule has 0 radical (unpaired) electrons. The average Bonchev–Trinajstić information content (AvgIpc) is 2.26. The Kier molecular flexibility index (Phi) is 5.36. The Labute approximate surface area is 114 Å². The number of carbonyl (C=O) groups excluding carboxylic acids is 1. The molecule has 0 fully saturated rings. The summed E-state index contributed by atoms with van der Waals surface area (Å²) >= 11 is 0. The molecule has 0 aromatic heterocycles. The molecule has 1 rings (SSSR count). The van der Waals surface area contributed by atoms with Crippen molar-refractivity contribution in [2.75, 3.05) is 6.61 Å². The molecular weight excluding hydrogens is 242 g/mol. The van der Waals surface area contributed by atoms with Crippen molar-refractivity contribution in [2.24, 2.45) is 0 Å². The number of nitrogens with one attached hydrogen (secondary N) is 1. The number of hydrogen-bond donors (Lipinski definition) is 2. The van der Waals surface area contributed by atoms with Crippen LogP contribution in [0.1, 0.15) is 38.8 Å². The predicted octanol–water partition coefficient (Wildman–Crippen LogP) is 2.39. The third kappa shape index (κ3) is 6.25. The quantitative estimate of drug-likeness (QED) is 0.859. The fourth-order valence-electron chi connectivity index (χ4n) is 1.70. The number of benzene rings is 1. The van der Waals surface area contributed by atoms with Crippen molar-refractivity contribution in [2.45, 2.75) is 46.3 Å². The number of amides is 1. The maximum absolute atomic E-state index is 11.0. The van der Waals surface area contributed by atoms with Crippen LogP contribution in [0.4, 0.5) is 0 Å². The van der Waals surface area contributed by atoms with E-state index < -0.39 is 0 Å². The summed E-state index contributed by atoms with van der Waals surface area (Å²) in [6, 6.07) is 5.19. The molecule has 0 atom stereocenters. The van der Waals surface area contributed by atoms with Gasteiger partial charge < -0.3 is 15.2 Å². The van der Waals surface area contributed by atoms with Gasteiger partial charge in [0.15, 0.2) is 0 Å². The van der Waals surface area contributed by atoms with Crippen LogP contribution < -0.4 is 5.32 Å². The number of phenolic OH excluding ortho intramolecular Hbond substituents is 1. The Morgan fingerprint density at radius 1 is 1.32 bits per heavy atom. The normalized spacial score (nSPS) is 11.4. The first-order chi connectivity index (χ1) is 8.78. The van der Waals surface area contributed by atoms with E-state index in [1.165, 1.54) is 6.92 Å². The zero-order valence-electron chi connectivity index (χ0n) is 12.1. The van der Waals surface area contributed by atoms with E-state index in [4.69, 9.17) is 4.74 Å². The van der Waals surface area contributed by atoms with Crippen molar-refractivity contribution in [3.63, 3.8) is 0 Å². The third-order valence-corrected chi connectivity index (χ3v) is 2.62. The molecule has 4 heteroatoms. The van der Waals surface area contributed by atoms with Gasteiger partial charge in [0.1, 0.15) is 5.75 Å². The van der Waals surface area contributed by atoms with E-state index in [2.05, 4.69) is 5.32 Å². The molecular formula is C15H23NO3. The van der Waals surface area contributed by atoms with E-state index in [9.17, 15) is 9.90 Å². The summed E-state index contributed by atoms with van der Waals surface area (Å²) in [6.45, 7) is 8.57. The van der Waals surface area contributed by atoms with Gasteiger partial charge in [0.2, 0.25) is 5.91 Å². The minimum absolute atomic E-state index is 0.0648. The van der Waals surface area contributed by atoms with Crippen LogP contribution in [0.15, 0.2) is 18.2 Å². The number of phenols is 1. The molecule has 0 heterocycles. The number of ether oxygens (including phenoxy) is 1. The first-order valence-corrected chi connectivity index (χ1v) is 6.47. The number of hydrogen-bond acceptors (Lipinski definition) is 3. The number of rotatable bonds is 5. The molecule has 1 aromatic carbocycles. The fourth-order valence-corrected chi connectivity index (χ4v) is 1.70. The monoisotopic (exact) mass is 265 g/mol. The third-order valence-electron chi connectivity index (χ3n) is 2.62. The Morgan fingerprint density at radius 2 is 2.00 bits per heavy atom. The molecule has 0 saturated carbocycles. The Morgan fingerprint density at radius 3 is 2.58 bits per heavy atom. The molecule has 2 N–H and O–H groups in total. The molecule has 19 heavy (non-hydrogen) atoms. The van der Waals surface area contributed by atoms with Crippen molar-refractivity contribution in [1.29, 1.82) is 0 Å². The molecule has 1 amide bonds. The zero-order chi connectivity index (χ0) is 14.5. The first-order valence-electron chi connectivity index (χ1n) is 6.47. The lowest BCUT2D eigenvalue weighted by Crippen LogP contribution is -2.22. The number of aromatic hydroxyl groups is 1. The Hall–Kier alpha value is -1.55. The van der Waals surface area contributed by atoms with Gasteiger partial charge in [0.25, 0.3) is 0 Å². The highest BCUT2D eigenvalue weighted by Gasteiger charge is 2.11. The molecule has 0 unspecified atom stereocenters. The van der Waals surface area contributed by atoms with Crippen LogP contribution in [0.25, 0.3) is 0 Å². The van der Waals surface area contributed by atoms with Gasteiger partial charge >= 0.3 is 0 Å². The van der Waals surface area contributed by atoms with Crippen LogP contribution in [0.5, 0.6) is 5.75 Å². The Bertz CT molecular complexity index is 436. The summed E-state index contributed by atoms with van der Waals surface area (Å²) in [7, 11) is 0. The molecule has 0 aliphatic heterocycles. The molecule has 106 valence electrons. The fraction of sp³-hybridized carbons (Fsp3) is 0.533. The van der Waals surface area contributed by atoms with E-state index in [0.29, 0.717) is 19.6 Å². The second kappa shape index (κ2) is 6.57. The second-order valence-corrected chi connectivity index (χ2v) is 5.57. The smallest absolute Gasteiger partial charge is 0.217 e. The maximum Gasteiger partial charge on any atom is 0.217 e. The lowest BCUT2D eigenvalue weighted by molar-refractivity contribution is -0.119. The first kappa shape index (κ1) is 15.5. The van der Waals surface area contributed by atoms with Crippen LogP contribution in [0.3, 0.4) is 0 Å². The second-order valence-electron chi connectivity index (χ2n) is 5.57.